The summed E-state index contributed by atoms with van der Waals surface area (Å²) in [6.45, 7) is 13.7. The van der Waals surface area contributed by atoms with Gasteiger partial charge in [-0.15, -0.1) is 0 Å². The van der Waals surface area contributed by atoms with Crippen molar-refractivity contribution < 1.29 is 9.21 Å². The molecule has 152 valence electrons. The molecule has 2 unspecified atom stereocenters. The minimum atomic E-state index is -0.0628. The van der Waals surface area contributed by atoms with Crippen molar-refractivity contribution >= 4 is 5.91 Å². The van der Waals surface area contributed by atoms with Crippen LogP contribution in [-0.4, -0.2) is 41.0 Å². The Balaban J connectivity index is 1.58. The van der Waals surface area contributed by atoms with Crippen LogP contribution >= 0.6 is 0 Å². The highest BCUT2D eigenvalue weighted by Gasteiger charge is 2.33. The molecule has 1 aliphatic heterocycles. The Labute approximate surface area is 168 Å². The molecule has 28 heavy (non-hydrogen) atoms. The molecular formula is C23H33N3O2. The maximum Gasteiger partial charge on any atom is 0.226 e. The lowest BCUT2D eigenvalue weighted by Crippen LogP contribution is -2.56. The summed E-state index contributed by atoms with van der Waals surface area (Å²) in [5.41, 5.74) is 1.56. The Morgan fingerprint density at radius 3 is 2.50 bits per heavy atom. The van der Waals surface area contributed by atoms with Crippen LogP contribution in [0.1, 0.15) is 45.6 Å². The van der Waals surface area contributed by atoms with Crippen LogP contribution in [0.2, 0.25) is 0 Å². The van der Waals surface area contributed by atoms with Crippen LogP contribution in [0.25, 0.3) is 11.5 Å². The van der Waals surface area contributed by atoms with Crippen molar-refractivity contribution in [3.05, 3.63) is 41.8 Å². The number of carbonyl (C=O) groups excluding carboxylic acids is 1. The molecule has 0 saturated carbocycles. The van der Waals surface area contributed by atoms with Crippen molar-refractivity contribution in [1.29, 1.82) is 0 Å². The van der Waals surface area contributed by atoms with Crippen LogP contribution in [0.5, 0.6) is 0 Å². The number of benzene rings is 1. The lowest BCUT2D eigenvalue weighted by atomic mass is 9.88. The molecule has 1 aromatic heterocycles. The van der Waals surface area contributed by atoms with E-state index < -0.39 is 0 Å². The number of likely N-dealkylation sites (tertiary alicyclic amines) is 1. The molecule has 2 atom stereocenters. The molecule has 1 aliphatic rings. The van der Waals surface area contributed by atoms with Gasteiger partial charge in [-0.25, -0.2) is 4.98 Å². The highest BCUT2D eigenvalue weighted by molar-refractivity contribution is 5.78. The Kier molecular flexibility index (Phi) is 6.23. The van der Waals surface area contributed by atoms with E-state index in [1.165, 1.54) is 6.42 Å². The lowest BCUT2D eigenvalue weighted by molar-refractivity contribution is -0.121. The van der Waals surface area contributed by atoms with E-state index in [4.69, 9.17) is 4.42 Å². The number of oxazole rings is 1. The van der Waals surface area contributed by atoms with Crippen LogP contribution < -0.4 is 5.32 Å². The highest BCUT2D eigenvalue weighted by atomic mass is 16.4. The molecule has 1 amide bonds. The van der Waals surface area contributed by atoms with E-state index >= 15 is 0 Å². The maximum absolute atomic E-state index is 12.6. The molecule has 0 radical (unpaired) electrons. The normalized spacial score (nSPS) is 20.9. The molecule has 1 aromatic carbocycles. The third-order valence-corrected chi connectivity index (χ3v) is 5.68. The Bertz CT molecular complexity index is 787. The van der Waals surface area contributed by atoms with Gasteiger partial charge in [0, 0.05) is 30.7 Å². The van der Waals surface area contributed by atoms with Crippen molar-refractivity contribution in [2.45, 2.75) is 53.0 Å². The second-order valence-electron chi connectivity index (χ2n) is 9.00. The number of aromatic nitrogens is 1. The first-order chi connectivity index (χ1) is 13.2. The standard InChI is InChI=1S/C23H33N3O2/c1-16-11-17(2)14-26(13-16)23(4,5)15-24-21(27)12-20-18(3)28-22(25-20)19-9-7-6-8-10-19/h6-10,16-17H,11-15H2,1-5H3,(H,24,27). The predicted molar refractivity (Wildman–Crippen MR) is 112 cm³/mol. The second-order valence-corrected chi connectivity index (χ2v) is 9.00. The average molecular weight is 384 g/mol. The number of nitrogens with one attached hydrogen (secondary N) is 1. The Morgan fingerprint density at radius 1 is 1.21 bits per heavy atom. The lowest BCUT2D eigenvalue weighted by Gasteiger charge is -2.45. The summed E-state index contributed by atoms with van der Waals surface area (Å²) in [6.07, 6.45) is 1.53. The summed E-state index contributed by atoms with van der Waals surface area (Å²) in [6, 6.07) is 9.77. The SMILES string of the molecule is Cc1oc(-c2ccccc2)nc1CC(=O)NCC(C)(C)N1CC(C)CC(C)C1. The first-order valence-electron chi connectivity index (χ1n) is 10.3. The summed E-state index contributed by atoms with van der Waals surface area (Å²) >= 11 is 0. The zero-order valence-corrected chi connectivity index (χ0v) is 17.8. The molecule has 2 heterocycles. The van der Waals surface area contributed by atoms with E-state index in [1.54, 1.807) is 0 Å². The number of aryl methyl sites for hydroxylation is 1. The molecular weight excluding hydrogens is 350 g/mol. The quantitative estimate of drug-likeness (QED) is 0.817. The molecule has 0 spiro atoms. The number of rotatable bonds is 6. The van der Waals surface area contributed by atoms with Crippen LogP contribution in [0.3, 0.4) is 0 Å². The van der Waals surface area contributed by atoms with Gasteiger partial charge < -0.3 is 9.73 Å². The summed E-state index contributed by atoms with van der Waals surface area (Å²) in [7, 11) is 0. The van der Waals surface area contributed by atoms with Crippen molar-refractivity contribution in [3.63, 3.8) is 0 Å². The van der Waals surface area contributed by atoms with E-state index in [2.05, 4.69) is 42.9 Å². The molecule has 1 N–H and O–H groups in total. The molecule has 3 rings (SSSR count). The van der Waals surface area contributed by atoms with Crippen molar-refractivity contribution in [2.75, 3.05) is 19.6 Å². The minimum absolute atomic E-state index is 0.0119. The van der Waals surface area contributed by atoms with Gasteiger partial charge >= 0.3 is 0 Å². The zero-order chi connectivity index (χ0) is 20.3. The Hall–Kier alpha value is -2.14. The fraction of sp³-hybridized carbons (Fsp3) is 0.565. The van der Waals surface area contributed by atoms with Crippen LogP contribution in [0.15, 0.2) is 34.7 Å². The third-order valence-electron chi connectivity index (χ3n) is 5.68. The number of amides is 1. The van der Waals surface area contributed by atoms with Gasteiger partial charge in [-0.3, -0.25) is 9.69 Å². The number of hydrogen-bond acceptors (Lipinski definition) is 4. The van der Waals surface area contributed by atoms with Crippen LogP contribution in [0.4, 0.5) is 0 Å². The molecule has 1 saturated heterocycles. The Morgan fingerprint density at radius 2 is 1.86 bits per heavy atom. The smallest absolute Gasteiger partial charge is 0.226 e. The van der Waals surface area contributed by atoms with E-state index in [1.807, 2.05) is 37.3 Å². The molecule has 5 heteroatoms. The van der Waals surface area contributed by atoms with E-state index in [0.717, 1.165) is 18.7 Å². The molecule has 0 aliphatic carbocycles. The van der Waals surface area contributed by atoms with E-state index in [0.29, 0.717) is 35.7 Å². The van der Waals surface area contributed by atoms with E-state index in [9.17, 15) is 4.79 Å². The second kappa shape index (κ2) is 8.48. The largest absolute Gasteiger partial charge is 0.441 e. The third kappa shape index (κ3) is 5.02. The van der Waals surface area contributed by atoms with Gasteiger partial charge in [0.1, 0.15) is 5.76 Å². The molecule has 0 bridgehead atoms. The molecule has 2 aromatic rings. The monoisotopic (exact) mass is 383 g/mol. The molecule has 1 fully saturated rings. The zero-order valence-electron chi connectivity index (χ0n) is 17.8. The van der Waals surface area contributed by atoms with Gasteiger partial charge in [-0.05, 0) is 51.2 Å². The fourth-order valence-electron chi connectivity index (χ4n) is 4.09. The van der Waals surface area contributed by atoms with Crippen molar-refractivity contribution in [3.8, 4) is 11.5 Å². The van der Waals surface area contributed by atoms with Gasteiger partial charge in [-0.1, -0.05) is 32.0 Å². The van der Waals surface area contributed by atoms with Gasteiger partial charge in [0.05, 0.1) is 12.1 Å². The first kappa shape index (κ1) is 20.6. The van der Waals surface area contributed by atoms with Crippen molar-refractivity contribution in [1.82, 2.24) is 15.2 Å². The van der Waals surface area contributed by atoms with Crippen LogP contribution in [-0.2, 0) is 11.2 Å². The summed E-state index contributed by atoms with van der Waals surface area (Å²) in [5, 5.41) is 3.11. The van der Waals surface area contributed by atoms with Gasteiger partial charge in [0.15, 0.2) is 0 Å². The summed E-state index contributed by atoms with van der Waals surface area (Å²) in [5.74, 6) is 2.66. The fourth-order valence-corrected chi connectivity index (χ4v) is 4.09. The predicted octanol–water partition coefficient (Wildman–Crippen LogP) is 4.07. The van der Waals surface area contributed by atoms with Gasteiger partial charge in [0.2, 0.25) is 11.8 Å². The van der Waals surface area contributed by atoms with Gasteiger partial charge in [-0.2, -0.15) is 0 Å². The number of nitrogens with zero attached hydrogens (tertiary/aromatic N) is 2. The number of carbonyl (C=O) groups is 1. The average Bonchev–Trinajstić information content (AvgIpc) is 3.01. The minimum Gasteiger partial charge on any atom is -0.441 e. The maximum atomic E-state index is 12.6. The topological polar surface area (TPSA) is 58.4 Å². The summed E-state index contributed by atoms with van der Waals surface area (Å²) < 4.78 is 5.77. The number of piperidine rings is 1. The number of hydrogen-bond donors (Lipinski definition) is 1. The first-order valence-corrected chi connectivity index (χ1v) is 10.3. The highest BCUT2D eigenvalue weighted by Crippen LogP contribution is 2.27. The summed E-state index contributed by atoms with van der Waals surface area (Å²) in [4.78, 5) is 19.6. The van der Waals surface area contributed by atoms with Gasteiger partial charge in [0.25, 0.3) is 0 Å². The van der Waals surface area contributed by atoms with Crippen LogP contribution in [0, 0.1) is 18.8 Å². The molecule has 5 nitrogen and oxygen atoms in total. The van der Waals surface area contributed by atoms with Crippen molar-refractivity contribution in [2.24, 2.45) is 11.8 Å². The van der Waals surface area contributed by atoms with E-state index in [-0.39, 0.29) is 17.9 Å².